The summed E-state index contributed by atoms with van der Waals surface area (Å²) in [6.07, 6.45) is -0.174. The summed E-state index contributed by atoms with van der Waals surface area (Å²) in [5, 5.41) is 0. The van der Waals surface area contributed by atoms with Crippen molar-refractivity contribution in [3.8, 4) is 0 Å². The van der Waals surface area contributed by atoms with Crippen molar-refractivity contribution in [2.75, 3.05) is 0 Å². The van der Waals surface area contributed by atoms with Gasteiger partial charge in [0.15, 0.2) is 0 Å². The highest BCUT2D eigenvalue weighted by Gasteiger charge is 2.46. The summed E-state index contributed by atoms with van der Waals surface area (Å²) in [5.41, 5.74) is 5.26. The lowest BCUT2D eigenvalue weighted by molar-refractivity contribution is -0.249. The Morgan fingerprint density at radius 2 is 2.07 bits per heavy atom. The highest BCUT2D eigenvalue weighted by Crippen LogP contribution is 2.09. The molecule has 14 heavy (non-hydrogen) atoms. The molecule has 1 fully saturated rings. The Morgan fingerprint density at radius 1 is 1.43 bits per heavy atom. The van der Waals surface area contributed by atoms with Crippen LogP contribution in [0.4, 0.5) is 0 Å². The summed E-state index contributed by atoms with van der Waals surface area (Å²) in [4.78, 5) is 43.5. The van der Waals surface area contributed by atoms with Gasteiger partial charge in [-0.2, -0.15) is 0 Å². The molecule has 0 aromatic carbocycles. The maximum Gasteiger partial charge on any atom is 0.784 e. The van der Waals surface area contributed by atoms with Gasteiger partial charge in [0.05, 0.1) is 6.42 Å². The lowest BCUT2D eigenvalue weighted by atomic mass is 10.2. The van der Waals surface area contributed by atoms with Gasteiger partial charge in [-0.3, -0.25) is 4.79 Å². The van der Waals surface area contributed by atoms with Crippen LogP contribution in [0.15, 0.2) is 0 Å². The molecule has 1 rings (SSSR count). The monoisotopic (exact) mass is 223 g/mol. The Kier molecular flexibility index (Phi) is 3.18. The van der Waals surface area contributed by atoms with E-state index in [1.807, 2.05) is 0 Å². The van der Waals surface area contributed by atoms with E-state index in [-0.39, 0.29) is 12.8 Å². The lowest BCUT2D eigenvalue weighted by Crippen LogP contribution is -2.48. The van der Waals surface area contributed by atoms with Crippen LogP contribution in [0.2, 0.25) is 0 Å². The Bertz CT molecular complexity index is 254. The van der Waals surface area contributed by atoms with Crippen molar-refractivity contribution >= 4 is 21.0 Å². The summed E-state index contributed by atoms with van der Waals surface area (Å²) in [5.74, 6) is -1.89. The van der Waals surface area contributed by atoms with E-state index in [9.17, 15) is 9.59 Å². The molecular formula is C5H9NO7Si. The fourth-order valence-electron chi connectivity index (χ4n) is 0.757. The van der Waals surface area contributed by atoms with E-state index in [1.165, 1.54) is 0 Å². The normalized spacial score (nSPS) is 28.1. The van der Waals surface area contributed by atoms with E-state index in [2.05, 4.69) is 13.9 Å². The molecule has 0 unspecified atom stereocenters. The minimum Gasteiger partial charge on any atom is -0.449 e. The molecule has 0 radical (unpaired) electrons. The van der Waals surface area contributed by atoms with Gasteiger partial charge < -0.3 is 24.6 Å². The molecule has 1 heterocycles. The Balaban J connectivity index is 2.72. The van der Waals surface area contributed by atoms with Gasteiger partial charge in [0, 0.05) is 0 Å². The van der Waals surface area contributed by atoms with Crippen LogP contribution in [0.5, 0.6) is 0 Å². The van der Waals surface area contributed by atoms with Crippen molar-refractivity contribution in [3.63, 3.8) is 0 Å². The zero-order chi connectivity index (χ0) is 10.8. The predicted molar refractivity (Wildman–Crippen MR) is 40.7 cm³/mol. The Hall–Kier alpha value is -1.00. The standard InChI is InChI=1S/C5H9NO7Si/c6-3-1-2-4(7)11-13-14(9,10)12-5(3)8/h3,9-10H,1-2,6H2/t3-/m1/s1. The fourth-order valence-corrected chi connectivity index (χ4v) is 1.41. The van der Waals surface area contributed by atoms with Gasteiger partial charge in [-0.1, -0.05) is 0 Å². The summed E-state index contributed by atoms with van der Waals surface area (Å²) in [7, 11) is -4.72. The van der Waals surface area contributed by atoms with E-state index >= 15 is 0 Å². The first-order chi connectivity index (χ1) is 6.41. The summed E-state index contributed by atoms with van der Waals surface area (Å²) < 4.78 is 7.99. The van der Waals surface area contributed by atoms with E-state index < -0.39 is 27.0 Å². The molecule has 80 valence electrons. The van der Waals surface area contributed by atoms with Crippen molar-refractivity contribution in [2.24, 2.45) is 5.73 Å². The molecule has 8 nitrogen and oxygen atoms in total. The van der Waals surface area contributed by atoms with Gasteiger partial charge in [-0.25, -0.2) is 4.79 Å². The van der Waals surface area contributed by atoms with E-state index in [0.717, 1.165) is 0 Å². The van der Waals surface area contributed by atoms with Crippen molar-refractivity contribution in [2.45, 2.75) is 18.9 Å². The first kappa shape index (κ1) is 11.1. The zero-order valence-electron chi connectivity index (χ0n) is 7.00. The van der Waals surface area contributed by atoms with Crippen LogP contribution < -0.4 is 5.73 Å². The van der Waals surface area contributed by atoms with Crippen molar-refractivity contribution in [3.05, 3.63) is 0 Å². The van der Waals surface area contributed by atoms with Gasteiger partial charge in [-0.15, -0.1) is 4.58 Å². The average Bonchev–Trinajstić information content (AvgIpc) is 2.12. The highest BCUT2D eigenvalue weighted by atomic mass is 28.4. The van der Waals surface area contributed by atoms with E-state index in [1.54, 1.807) is 0 Å². The smallest absolute Gasteiger partial charge is 0.449 e. The van der Waals surface area contributed by atoms with Gasteiger partial charge in [0.25, 0.3) is 0 Å². The van der Waals surface area contributed by atoms with Crippen LogP contribution in [0, 0.1) is 0 Å². The van der Waals surface area contributed by atoms with Crippen LogP contribution in [0.3, 0.4) is 0 Å². The maximum atomic E-state index is 11.0. The second kappa shape index (κ2) is 4.02. The predicted octanol–water partition coefficient (Wildman–Crippen LogP) is -2.45. The number of hydrogen-bond donors (Lipinski definition) is 3. The van der Waals surface area contributed by atoms with E-state index in [0.29, 0.717) is 0 Å². The molecule has 1 atom stereocenters. The Morgan fingerprint density at radius 3 is 2.71 bits per heavy atom. The van der Waals surface area contributed by atoms with Crippen LogP contribution in [0.1, 0.15) is 12.8 Å². The molecule has 1 aliphatic rings. The second-order valence-electron chi connectivity index (χ2n) is 2.65. The zero-order valence-corrected chi connectivity index (χ0v) is 8.00. The molecule has 0 aliphatic carbocycles. The van der Waals surface area contributed by atoms with Gasteiger partial charge in [0.2, 0.25) is 0 Å². The molecule has 0 bridgehead atoms. The molecule has 0 spiro atoms. The lowest BCUT2D eigenvalue weighted by Gasteiger charge is -2.14. The van der Waals surface area contributed by atoms with Gasteiger partial charge in [0.1, 0.15) is 6.04 Å². The number of hydrogen-bond acceptors (Lipinski definition) is 8. The molecule has 4 N–H and O–H groups in total. The summed E-state index contributed by atoms with van der Waals surface area (Å²) in [6, 6.07) is -1.10. The number of carbonyl (C=O) groups excluding carboxylic acids is 2. The molecule has 0 amide bonds. The molecule has 0 aromatic heterocycles. The number of rotatable bonds is 0. The third-order valence-electron chi connectivity index (χ3n) is 1.44. The third-order valence-corrected chi connectivity index (χ3v) is 2.21. The largest absolute Gasteiger partial charge is 0.784 e. The fraction of sp³-hybridized carbons (Fsp3) is 0.600. The second-order valence-corrected chi connectivity index (χ2v) is 4.12. The third kappa shape index (κ3) is 3.05. The molecule has 0 aromatic rings. The quantitative estimate of drug-likeness (QED) is 0.305. The van der Waals surface area contributed by atoms with Crippen LogP contribution in [0.25, 0.3) is 0 Å². The summed E-state index contributed by atoms with van der Waals surface area (Å²) in [6.45, 7) is 0. The van der Waals surface area contributed by atoms with Crippen LogP contribution >= 0.6 is 0 Å². The molecule has 9 heteroatoms. The first-order valence-electron chi connectivity index (χ1n) is 3.72. The SMILES string of the molecule is N[C@@H]1CCC(=O)OO[Si](O)(O)OC1=O. The molecule has 0 saturated carbocycles. The van der Waals surface area contributed by atoms with Crippen LogP contribution in [-0.2, 0) is 23.5 Å². The van der Waals surface area contributed by atoms with Crippen LogP contribution in [-0.4, -0.2) is 36.6 Å². The van der Waals surface area contributed by atoms with Crippen molar-refractivity contribution < 1.29 is 33.1 Å². The molecule has 1 saturated heterocycles. The minimum absolute atomic E-state index is 0.00843. The average molecular weight is 223 g/mol. The van der Waals surface area contributed by atoms with Crippen molar-refractivity contribution in [1.82, 2.24) is 0 Å². The number of nitrogens with two attached hydrogens (primary N) is 1. The van der Waals surface area contributed by atoms with Gasteiger partial charge in [-0.05, 0) is 6.42 Å². The Labute approximate surface area is 79.6 Å². The number of carbonyl (C=O) groups is 2. The van der Waals surface area contributed by atoms with Crippen molar-refractivity contribution in [1.29, 1.82) is 0 Å². The van der Waals surface area contributed by atoms with E-state index in [4.69, 9.17) is 15.3 Å². The minimum atomic E-state index is -4.72. The highest BCUT2D eigenvalue weighted by molar-refractivity contribution is 6.52. The summed E-state index contributed by atoms with van der Waals surface area (Å²) >= 11 is 0. The topological polar surface area (TPSA) is 128 Å². The molecule has 1 aliphatic heterocycles. The van der Waals surface area contributed by atoms with Gasteiger partial charge >= 0.3 is 21.0 Å². The maximum absolute atomic E-state index is 11.0. The molecular weight excluding hydrogens is 214 g/mol. The first-order valence-corrected chi connectivity index (χ1v) is 5.43.